The SMILES string of the molecule is CCc1ccc2c(P3(=O)CCCC3)c(C(C)C)cc(F)c2n1. The van der Waals surface area contributed by atoms with Crippen LogP contribution in [-0.4, -0.2) is 17.3 Å². The fraction of sp³-hybridized carbons (Fsp3) is 0.500. The van der Waals surface area contributed by atoms with Crippen molar-refractivity contribution in [2.24, 2.45) is 0 Å². The molecule has 1 aromatic heterocycles. The highest BCUT2D eigenvalue weighted by Crippen LogP contribution is 2.53. The molecule has 1 fully saturated rings. The summed E-state index contributed by atoms with van der Waals surface area (Å²) in [6.45, 7) is 6.09. The summed E-state index contributed by atoms with van der Waals surface area (Å²) in [6, 6.07) is 5.45. The second-order valence-electron chi connectivity index (χ2n) is 6.55. The molecule has 0 bridgehead atoms. The smallest absolute Gasteiger partial charge is 0.149 e. The van der Waals surface area contributed by atoms with E-state index in [-0.39, 0.29) is 11.7 Å². The number of hydrogen-bond donors (Lipinski definition) is 0. The van der Waals surface area contributed by atoms with Crippen molar-refractivity contribution < 1.29 is 8.96 Å². The highest BCUT2D eigenvalue weighted by Gasteiger charge is 2.34. The predicted octanol–water partition coefficient (Wildman–Crippen LogP) is 4.84. The molecule has 0 saturated carbocycles. The Labute approximate surface area is 131 Å². The first-order chi connectivity index (χ1) is 10.5. The van der Waals surface area contributed by atoms with Crippen LogP contribution in [0.4, 0.5) is 4.39 Å². The molecule has 4 heteroatoms. The van der Waals surface area contributed by atoms with Crippen LogP contribution >= 0.6 is 7.14 Å². The number of halogens is 1. The van der Waals surface area contributed by atoms with Crippen LogP contribution in [0.3, 0.4) is 0 Å². The average molecular weight is 319 g/mol. The van der Waals surface area contributed by atoms with Gasteiger partial charge in [-0.2, -0.15) is 0 Å². The monoisotopic (exact) mass is 319 g/mol. The number of aryl methyl sites for hydroxylation is 1. The van der Waals surface area contributed by atoms with Gasteiger partial charge in [0.25, 0.3) is 0 Å². The van der Waals surface area contributed by atoms with Gasteiger partial charge in [0.2, 0.25) is 0 Å². The first-order valence-corrected chi connectivity index (χ1v) is 10.2. The fourth-order valence-corrected chi connectivity index (χ4v) is 7.02. The van der Waals surface area contributed by atoms with Crippen molar-refractivity contribution >= 4 is 23.3 Å². The van der Waals surface area contributed by atoms with Crippen molar-refractivity contribution in [3.05, 3.63) is 35.3 Å². The van der Waals surface area contributed by atoms with Crippen molar-refractivity contribution in [2.75, 3.05) is 12.3 Å². The number of benzene rings is 1. The number of fused-ring (bicyclic) bond motifs is 1. The third kappa shape index (κ3) is 2.50. The van der Waals surface area contributed by atoms with E-state index >= 15 is 0 Å². The zero-order chi connectivity index (χ0) is 15.9. The molecule has 0 spiro atoms. The molecule has 2 heterocycles. The van der Waals surface area contributed by atoms with E-state index in [0.717, 1.165) is 53.5 Å². The lowest BCUT2D eigenvalue weighted by Crippen LogP contribution is -2.17. The molecule has 0 atom stereocenters. The highest BCUT2D eigenvalue weighted by atomic mass is 31.2. The van der Waals surface area contributed by atoms with Gasteiger partial charge in [-0.15, -0.1) is 0 Å². The molecule has 1 aromatic carbocycles. The van der Waals surface area contributed by atoms with Gasteiger partial charge < -0.3 is 4.57 Å². The molecule has 22 heavy (non-hydrogen) atoms. The Balaban J connectivity index is 2.38. The minimum absolute atomic E-state index is 0.158. The van der Waals surface area contributed by atoms with Crippen LogP contribution in [0.2, 0.25) is 0 Å². The summed E-state index contributed by atoms with van der Waals surface area (Å²) in [7, 11) is -2.41. The van der Waals surface area contributed by atoms with E-state index in [1.807, 2.05) is 32.9 Å². The number of rotatable bonds is 3. The summed E-state index contributed by atoms with van der Waals surface area (Å²) in [4.78, 5) is 4.46. The van der Waals surface area contributed by atoms with Crippen LogP contribution in [0.5, 0.6) is 0 Å². The lowest BCUT2D eigenvalue weighted by Gasteiger charge is -2.21. The summed E-state index contributed by atoms with van der Waals surface area (Å²) < 4.78 is 28.0. The van der Waals surface area contributed by atoms with Gasteiger partial charge in [-0.05, 0) is 42.9 Å². The molecule has 0 N–H and O–H groups in total. The van der Waals surface area contributed by atoms with Crippen LogP contribution in [0.15, 0.2) is 18.2 Å². The molecule has 1 aliphatic heterocycles. The summed E-state index contributed by atoms with van der Waals surface area (Å²) in [6.07, 6.45) is 4.29. The van der Waals surface area contributed by atoms with E-state index in [2.05, 4.69) is 4.98 Å². The lowest BCUT2D eigenvalue weighted by molar-refractivity contribution is 0.584. The number of hydrogen-bond acceptors (Lipinski definition) is 2. The van der Waals surface area contributed by atoms with Crippen molar-refractivity contribution in [3.63, 3.8) is 0 Å². The largest absolute Gasteiger partial charge is 0.319 e. The Kier molecular flexibility index (Phi) is 4.11. The average Bonchev–Trinajstić information content (AvgIpc) is 2.94. The second-order valence-corrected chi connectivity index (χ2v) is 9.67. The molecule has 118 valence electrons. The van der Waals surface area contributed by atoms with Gasteiger partial charge in [-0.3, -0.25) is 0 Å². The summed E-state index contributed by atoms with van der Waals surface area (Å²) in [5.41, 5.74) is 2.17. The first-order valence-electron chi connectivity index (χ1n) is 8.17. The van der Waals surface area contributed by atoms with Crippen molar-refractivity contribution in [1.29, 1.82) is 0 Å². The highest BCUT2D eigenvalue weighted by molar-refractivity contribution is 7.72. The van der Waals surface area contributed by atoms with Crippen LogP contribution < -0.4 is 5.30 Å². The molecule has 0 amide bonds. The van der Waals surface area contributed by atoms with Gasteiger partial charge in [0.05, 0.1) is 0 Å². The van der Waals surface area contributed by atoms with Gasteiger partial charge in [-0.25, -0.2) is 9.37 Å². The van der Waals surface area contributed by atoms with E-state index in [9.17, 15) is 8.96 Å². The molecular weight excluding hydrogens is 296 g/mol. The Morgan fingerprint density at radius 1 is 1.27 bits per heavy atom. The van der Waals surface area contributed by atoms with Gasteiger partial charge in [0.15, 0.2) is 0 Å². The number of pyridine rings is 1. The molecule has 2 nitrogen and oxygen atoms in total. The number of nitrogens with zero attached hydrogens (tertiary/aromatic N) is 1. The normalized spacial score (nSPS) is 17.5. The van der Waals surface area contributed by atoms with Crippen LogP contribution in [-0.2, 0) is 11.0 Å². The fourth-order valence-electron chi connectivity index (χ4n) is 3.46. The molecule has 0 radical (unpaired) electrons. The minimum atomic E-state index is -2.41. The third-order valence-corrected chi connectivity index (χ3v) is 8.06. The van der Waals surface area contributed by atoms with E-state index in [0.29, 0.717) is 5.52 Å². The van der Waals surface area contributed by atoms with Gasteiger partial charge >= 0.3 is 0 Å². The Morgan fingerprint density at radius 2 is 1.95 bits per heavy atom. The van der Waals surface area contributed by atoms with Crippen LogP contribution in [0.25, 0.3) is 10.9 Å². The molecule has 2 aromatic rings. The maximum atomic E-state index is 14.6. The summed E-state index contributed by atoms with van der Waals surface area (Å²) >= 11 is 0. The molecule has 3 rings (SSSR count). The van der Waals surface area contributed by atoms with Crippen molar-refractivity contribution in [3.8, 4) is 0 Å². The maximum Gasteiger partial charge on any atom is 0.149 e. The van der Waals surface area contributed by atoms with Gasteiger partial charge in [0.1, 0.15) is 18.5 Å². The van der Waals surface area contributed by atoms with Crippen LogP contribution in [0, 0.1) is 5.82 Å². The van der Waals surface area contributed by atoms with Crippen molar-refractivity contribution in [2.45, 2.75) is 46.0 Å². The van der Waals surface area contributed by atoms with E-state index < -0.39 is 7.14 Å². The molecular formula is C18H23FNOP. The van der Waals surface area contributed by atoms with Gasteiger partial charge in [0, 0.05) is 28.7 Å². The standard InChI is InChI=1S/C18H23FNOP/c1-4-13-7-8-14-17(20-13)16(19)11-15(12(2)3)18(14)22(21)9-5-6-10-22/h7-8,11-12H,4-6,9-10H2,1-3H3. The zero-order valence-corrected chi connectivity index (χ0v) is 14.4. The molecule has 1 aliphatic rings. The molecule has 1 saturated heterocycles. The van der Waals surface area contributed by atoms with Crippen LogP contribution in [0.1, 0.15) is 50.8 Å². The Hall–Kier alpha value is -1.21. The molecule has 0 unspecified atom stereocenters. The molecule has 0 aliphatic carbocycles. The quantitative estimate of drug-likeness (QED) is 0.758. The Bertz CT molecular complexity index is 759. The lowest BCUT2D eigenvalue weighted by atomic mass is 10.00. The van der Waals surface area contributed by atoms with E-state index in [1.165, 1.54) is 0 Å². The summed E-state index contributed by atoms with van der Waals surface area (Å²) in [5, 5.41) is 1.68. The Morgan fingerprint density at radius 3 is 2.55 bits per heavy atom. The zero-order valence-electron chi connectivity index (χ0n) is 13.5. The topological polar surface area (TPSA) is 30.0 Å². The van der Waals surface area contributed by atoms with Gasteiger partial charge in [-0.1, -0.05) is 26.8 Å². The van der Waals surface area contributed by atoms with E-state index in [1.54, 1.807) is 6.07 Å². The maximum absolute atomic E-state index is 14.6. The third-order valence-electron chi connectivity index (χ3n) is 4.67. The number of aromatic nitrogens is 1. The second kappa shape index (κ2) is 5.77. The summed E-state index contributed by atoms with van der Waals surface area (Å²) in [5.74, 6) is -0.130. The predicted molar refractivity (Wildman–Crippen MR) is 91.4 cm³/mol. The first kappa shape index (κ1) is 15.7. The van der Waals surface area contributed by atoms with Crippen molar-refractivity contribution in [1.82, 2.24) is 4.98 Å². The van der Waals surface area contributed by atoms with E-state index in [4.69, 9.17) is 0 Å². The minimum Gasteiger partial charge on any atom is -0.319 e.